The predicted octanol–water partition coefficient (Wildman–Crippen LogP) is 2.72. The second kappa shape index (κ2) is 13.2. The summed E-state index contributed by atoms with van der Waals surface area (Å²) >= 11 is 0. The van der Waals surface area contributed by atoms with Crippen LogP contribution in [0.5, 0.6) is 0 Å². The monoisotopic (exact) mass is 496 g/mol. The average molecular weight is 496 g/mol. The molecule has 1 saturated carbocycles. The molecule has 1 heterocycles. The Balaban J connectivity index is 0.00000364. The quantitative estimate of drug-likeness (QED) is 0.277. The van der Waals surface area contributed by atoms with Gasteiger partial charge in [-0.05, 0) is 37.5 Å². The van der Waals surface area contributed by atoms with Gasteiger partial charge in [0.1, 0.15) is 0 Å². The van der Waals surface area contributed by atoms with Crippen molar-refractivity contribution in [3.63, 3.8) is 0 Å². The lowest BCUT2D eigenvalue weighted by atomic mass is 9.67. The van der Waals surface area contributed by atoms with E-state index >= 15 is 0 Å². The normalized spacial score (nSPS) is 21.3. The first-order chi connectivity index (χ1) is 12.6. The summed E-state index contributed by atoms with van der Waals surface area (Å²) in [7, 11) is 1.79. The van der Waals surface area contributed by atoms with Gasteiger partial charge in [-0.15, -0.1) is 24.0 Å². The zero-order valence-electron chi connectivity index (χ0n) is 17.8. The van der Waals surface area contributed by atoms with Crippen molar-refractivity contribution in [2.75, 3.05) is 59.7 Å². The molecule has 1 saturated heterocycles. The molecule has 0 spiro atoms. The van der Waals surface area contributed by atoms with E-state index in [1.807, 2.05) is 0 Å². The highest BCUT2D eigenvalue weighted by atomic mass is 127. The number of morpholine rings is 1. The number of ether oxygens (including phenoxy) is 2. The van der Waals surface area contributed by atoms with Gasteiger partial charge in [-0.2, -0.15) is 0 Å². The molecule has 1 aliphatic carbocycles. The summed E-state index contributed by atoms with van der Waals surface area (Å²) in [6.45, 7) is 14.0. The van der Waals surface area contributed by atoms with Crippen molar-refractivity contribution in [3.05, 3.63) is 0 Å². The highest BCUT2D eigenvalue weighted by Crippen LogP contribution is 2.44. The second-order valence-corrected chi connectivity index (χ2v) is 8.13. The Bertz CT molecular complexity index is 424. The number of hydrogen-bond acceptors (Lipinski definition) is 4. The van der Waals surface area contributed by atoms with Crippen LogP contribution in [0, 0.1) is 11.3 Å². The molecule has 1 unspecified atom stereocenters. The molecule has 7 heteroatoms. The third kappa shape index (κ3) is 8.03. The Morgan fingerprint density at radius 3 is 2.44 bits per heavy atom. The molecule has 2 N–H and O–H groups in total. The Morgan fingerprint density at radius 2 is 1.93 bits per heavy atom. The van der Waals surface area contributed by atoms with Gasteiger partial charge in [-0.25, -0.2) is 0 Å². The highest BCUT2D eigenvalue weighted by Gasteiger charge is 2.36. The Hall–Kier alpha value is -0.120. The first kappa shape index (κ1) is 24.9. The number of halogens is 1. The van der Waals surface area contributed by atoms with Crippen molar-refractivity contribution in [2.45, 2.75) is 52.5 Å². The summed E-state index contributed by atoms with van der Waals surface area (Å²) in [6.07, 6.45) is 5.01. The molecule has 0 aromatic carbocycles. The number of guanidine groups is 1. The molecule has 27 heavy (non-hydrogen) atoms. The fourth-order valence-corrected chi connectivity index (χ4v) is 3.97. The van der Waals surface area contributed by atoms with E-state index < -0.39 is 0 Å². The fraction of sp³-hybridized carbons (Fsp3) is 0.950. The zero-order chi connectivity index (χ0) is 18.8. The minimum absolute atomic E-state index is 0. The van der Waals surface area contributed by atoms with Crippen LogP contribution in [0.1, 0.15) is 46.5 Å². The maximum atomic E-state index is 5.51. The van der Waals surface area contributed by atoms with Gasteiger partial charge < -0.3 is 20.1 Å². The smallest absolute Gasteiger partial charge is 0.191 e. The lowest BCUT2D eigenvalue weighted by molar-refractivity contribution is 0.00751. The van der Waals surface area contributed by atoms with E-state index in [9.17, 15) is 0 Å². The van der Waals surface area contributed by atoms with Gasteiger partial charge in [-0.1, -0.05) is 20.3 Å². The van der Waals surface area contributed by atoms with E-state index in [4.69, 9.17) is 14.5 Å². The van der Waals surface area contributed by atoms with Gasteiger partial charge in [0.2, 0.25) is 0 Å². The van der Waals surface area contributed by atoms with Crippen LogP contribution < -0.4 is 10.6 Å². The summed E-state index contributed by atoms with van der Waals surface area (Å²) in [4.78, 5) is 7.48. The molecule has 0 aromatic heterocycles. The summed E-state index contributed by atoms with van der Waals surface area (Å²) in [6, 6.07) is 0.508. The molecule has 2 fully saturated rings. The van der Waals surface area contributed by atoms with Crippen molar-refractivity contribution < 1.29 is 9.47 Å². The third-order valence-corrected chi connectivity index (χ3v) is 5.93. The van der Waals surface area contributed by atoms with E-state index in [1.54, 1.807) is 7.11 Å². The largest absolute Gasteiger partial charge is 0.385 e. The molecule has 2 rings (SSSR count). The number of nitrogens with zero attached hydrogens (tertiary/aromatic N) is 2. The van der Waals surface area contributed by atoms with Crippen LogP contribution in [-0.2, 0) is 9.47 Å². The predicted molar refractivity (Wildman–Crippen MR) is 123 cm³/mol. The Morgan fingerprint density at radius 1 is 1.22 bits per heavy atom. The van der Waals surface area contributed by atoms with Crippen molar-refractivity contribution in [1.29, 1.82) is 0 Å². The number of methoxy groups -OCH3 is 1. The van der Waals surface area contributed by atoms with E-state index in [1.165, 1.54) is 19.3 Å². The molecular weight excluding hydrogens is 455 g/mol. The van der Waals surface area contributed by atoms with Crippen LogP contribution in [-0.4, -0.2) is 76.6 Å². The zero-order valence-corrected chi connectivity index (χ0v) is 20.1. The molecule has 160 valence electrons. The Kier molecular flexibility index (Phi) is 12.2. The number of aliphatic imine (C=N–C) groups is 1. The van der Waals surface area contributed by atoms with E-state index in [-0.39, 0.29) is 24.0 Å². The van der Waals surface area contributed by atoms with Crippen molar-refractivity contribution in [1.82, 2.24) is 15.5 Å². The summed E-state index contributed by atoms with van der Waals surface area (Å²) in [5.74, 6) is 1.55. The molecule has 0 amide bonds. The highest BCUT2D eigenvalue weighted by molar-refractivity contribution is 14.0. The van der Waals surface area contributed by atoms with Crippen molar-refractivity contribution in [2.24, 2.45) is 16.3 Å². The van der Waals surface area contributed by atoms with Gasteiger partial charge in [0, 0.05) is 52.5 Å². The first-order valence-electron chi connectivity index (χ1n) is 10.4. The molecule has 6 nitrogen and oxygen atoms in total. The summed E-state index contributed by atoms with van der Waals surface area (Å²) in [5.41, 5.74) is 0.361. The van der Waals surface area contributed by atoms with Crippen LogP contribution in [0.3, 0.4) is 0 Å². The van der Waals surface area contributed by atoms with Gasteiger partial charge in [0.05, 0.1) is 13.2 Å². The van der Waals surface area contributed by atoms with Crippen molar-refractivity contribution in [3.8, 4) is 0 Å². The lowest BCUT2D eigenvalue weighted by Gasteiger charge is -2.41. The summed E-state index contributed by atoms with van der Waals surface area (Å²) in [5, 5.41) is 7.02. The van der Waals surface area contributed by atoms with Crippen LogP contribution in [0.15, 0.2) is 4.99 Å². The Labute approximate surface area is 183 Å². The second-order valence-electron chi connectivity index (χ2n) is 8.13. The molecular formula is C20H41IN4O2. The van der Waals surface area contributed by atoms with E-state index in [0.29, 0.717) is 17.4 Å². The van der Waals surface area contributed by atoms with Crippen LogP contribution in [0.25, 0.3) is 0 Å². The molecule has 0 aromatic rings. The molecule has 0 bridgehead atoms. The van der Waals surface area contributed by atoms with Crippen LogP contribution in [0.2, 0.25) is 0 Å². The number of rotatable bonds is 10. The molecule has 1 aliphatic heterocycles. The fourth-order valence-electron chi connectivity index (χ4n) is 3.97. The van der Waals surface area contributed by atoms with Gasteiger partial charge >= 0.3 is 0 Å². The first-order valence-corrected chi connectivity index (χ1v) is 10.4. The van der Waals surface area contributed by atoms with E-state index in [2.05, 4.69) is 36.3 Å². The van der Waals surface area contributed by atoms with Crippen LogP contribution >= 0.6 is 24.0 Å². The minimum Gasteiger partial charge on any atom is -0.385 e. The van der Waals surface area contributed by atoms with Crippen molar-refractivity contribution >= 4 is 29.9 Å². The molecule has 1 atom stereocenters. The van der Waals surface area contributed by atoms with Gasteiger partial charge in [0.25, 0.3) is 0 Å². The number of hydrogen-bond donors (Lipinski definition) is 2. The molecule has 0 radical (unpaired) electrons. The molecule has 2 aliphatic rings. The average Bonchev–Trinajstić information content (AvgIpc) is 2.61. The SMILES string of the molecule is CCNC(=NCC1(CCOC)CCC1)NCC(C(C)C)N1CCOCC1.I. The van der Waals surface area contributed by atoms with E-state index in [0.717, 1.165) is 64.9 Å². The third-order valence-electron chi connectivity index (χ3n) is 5.93. The number of nitrogens with one attached hydrogen (secondary N) is 2. The summed E-state index contributed by atoms with van der Waals surface area (Å²) < 4.78 is 10.8. The lowest BCUT2D eigenvalue weighted by Crippen LogP contribution is -2.52. The van der Waals surface area contributed by atoms with Gasteiger partial charge in [-0.3, -0.25) is 9.89 Å². The maximum absolute atomic E-state index is 5.51. The van der Waals surface area contributed by atoms with Gasteiger partial charge in [0.15, 0.2) is 5.96 Å². The van der Waals surface area contributed by atoms with Crippen LogP contribution in [0.4, 0.5) is 0 Å². The topological polar surface area (TPSA) is 58.1 Å². The maximum Gasteiger partial charge on any atom is 0.191 e. The minimum atomic E-state index is 0. The standard InChI is InChI=1S/C20H40N4O2.HI/c1-5-21-19(23-16-20(7-6-8-20)9-12-25-4)22-15-18(17(2)3)24-10-13-26-14-11-24;/h17-18H,5-16H2,1-4H3,(H2,21,22,23);1H.